The van der Waals surface area contributed by atoms with Gasteiger partial charge in [0.15, 0.2) is 0 Å². The molecule has 1 unspecified atom stereocenters. The smallest absolute Gasteiger partial charge is 0.317 e. The minimum atomic E-state index is -0.0565. The molecule has 0 radical (unpaired) electrons. The van der Waals surface area contributed by atoms with E-state index in [1.807, 2.05) is 38.2 Å². The monoisotopic (exact) mass is 296 g/mol. The van der Waals surface area contributed by atoms with E-state index in [2.05, 4.69) is 43.4 Å². The molecule has 2 aromatic rings. The van der Waals surface area contributed by atoms with Crippen LogP contribution in [-0.4, -0.2) is 18.0 Å². The van der Waals surface area contributed by atoms with Gasteiger partial charge in [0.1, 0.15) is 0 Å². The van der Waals surface area contributed by atoms with E-state index in [1.54, 1.807) is 4.90 Å². The molecule has 0 aliphatic heterocycles. The van der Waals surface area contributed by atoms with Gasteiger partial charge >= 0.3 is 6.03 Å². The molecule has 0 aliphatic rings. The first kappa shape index (κ1) is 16.1. The molecule has 0 aliphatic carbocycles. The maximum Gasteiger partial charge on any atom is 0.317 e. The molecule has 2 rings (SSSR count). The van der Waals surface area contributed by atoms with Crippen LogP contribution in [0.15, 0.2) is 48.5 Å². The SMILES string of the molecule is Cc1ccccc1CN(C)C(=O)NC(C)c1ccccc1C. The molecule has 0 saturated carbocycles. The van der Waals surface area contributed by atoms with Gasteiger partial charge in [0.2, 0.25) is 0 Å². The van der Waals surface area contributed by atoms with Gasteiger partial charge in [0, 0.05) is 13.6 Å². The van der Waals surface area contributed by atoms with Gasteiger partial charge in [-0.3, -0.25) is 0 Å². The quantitative estimate of drug-likeness (QED) is 0.900. The molecule has 3 heteroatoms. The highest BCUT2D eigenvalue weighted by atomic mass is 16.2. The Morgan fingerprint density at radius 2 is 1.64 bits per heavy atom. The molecule has 0 saturated heterocycles. The number of carbonyl (C=O) groups excluding carboxylic acids is 1. The topological polar surface area (TPSA) is 32.3 Å². The van der Waals surface area contributed by atoms with Crippen molar-refractivity contribution in [2.24, 2.45) is 0 Å². The zero-order valence-electron chi connectivity index (χ0n) is 13.8. The fourth-order valence-electron chi connectivity index (χ4n) is 2.56. The molecular formula is C19H24N2O. The molecule has 3 nitrogen and oxygen atoms in total. The number of hydrogen-bond donors (Lipinski definition) is 1. The van der Waals surface area contributed by atoms with E-state index in [-0.39, 0.29) is 12.1 Å². The Bertz CT molecular complexity index is 651. The number of nitrogens with zero attached hydrogens (tertiary/aromatic N) is 1. The predicted molar refractivity (Wildman–Crippen MR) is 90.8 cm³/mol. The number of amides is 2. The van der Waals surface area contributed by atoms with Crippen LogP contribution in [0.1, 0.15) is 35.2 Å². The van der Waals surface area contributed by atoms with E-state index in [1.165, 1.54) is 16.7 Å². The first-order valence-corrected chi connectivity index (χ1v) is 7.60. The maximum absolute atomic E-state index is 12.4. The molecule has 1 N–H and O–H groups in total. The summed E-state index contributed by atoms with van der Waals surface area (Å²) in [7, 11) is 1.83. The van der Waals surface area contributed by atoms with Gasteiger partial charge in [-0.1, -0.05) is 48.5 Å². The van der Waals surface area contributed by atoms with Crippen LogP contribution in [0.25, 0.3) is 0 Å². The Morgan fingerprint density at radius 3 is 2.27 bits per heavy atom. The minimum absolute atomic E-state index is 0.00646. The Balaban J connectivity index is 2.00. The average molecular weight is 296 g/mol. The van der Waals surface area contributed by atoms with Crippen molar-refractivity contribution >= 4 is 6.03 Å². The lowest BCUT2D eigenvalue weighted by molar-refractivity contribution is 0.203. The van der Waals surface area contributed by atoms with Crippen LogP contribution in [0.3, 0.4) is 0 Å². The van der Waals surface area contributed by atoms with E-state index in [9.17, 15) is 4.79 Å². The van der Waals surface area contributed by atoms with E-state index in [0.29, 0.717) is 6.54 Å². The Kier molecular flexibility index (Phi) is 5.21. The van der Waals surface area contributed by atoms with E-state index in [0.717, 1.165) is 5.56 Å². The van der Waals surface area contributed by atoms with Crippen molar-refractivity contribution in [1.82, 2.24) is 10.2 Å². The van der Waals surface area contributed by atoms with Crippen molar-refractivity contribution in [1.29, 1.82) is 0 Å². The average Bonchev–Trinajstić information content (AvgIpc) is 2.49. The van der Waals surface area contributed by atoms with Gasteiger partial charge in [-0.25, -0.2) is 4.79 Å². The third-order valence-corrected chi connectivity index (χ3v) is 4.01. The second-order valence-corrected chi connectivity index (χ2v) is 5.81. The number of nitrogens with one attached hydrogen (secondary N) is 1. The van der Waals surface area contributed by atoms with Crippen molar-refractivity contribution < 1.29 is 4.79 Å². The van der Waals surface area contributed by atoms with Crippen molar-refractivity contribution in [2.75, 3.05) is 7.05 Å². The molecule has 0 bridgehead atoms. The highest BCUT2D eigenvalue weighted by Crippen LogP contribution is 2.17. The first-order valence-electron chi connectivity index (χ1n) is 7.60. The molecule has 2 aromatic carbocycles. The Hall–Kier alpha value is -2.29. The van der Waals surface area contributed by atoms with Crippen molar-refractivity contribution in [3.05, 3.63) is 70.8 Å². The summed E-state index contributed by atoms with van der Waals surface area (Å²) >= 11 is 0. The lowest BCUT2D eigenvalue weighted by Gasteiger charge is -2.23. The summed E-state index contributed by atoms with van der Waals surface area (Å²) in [5, 5.41) is 3.06. The van der Waals surface area contributed by atoms with Crippen LogP contribution in [0, 0.1) is 13.8 Å². The second-order valence-electron chi connectivity index (χ2n) is 5.81. The number of rotatable bonds is 4. The van der Waals surface area contributed by atoms with Crippen LogP contribution in [0.5, 0.6) is 0 Å². The van der Waals surface area contributed by atoms with Crippen LogP contribution >= 0.6 is 0 Å². The van der Waals surface area contributed by atoms with Crippen molar-refractivity contribution in [3.63, 3.8) is 0 Å². The van der Waals surface area contributed by atoms with Gasteiger partial charge in [-0.15, -0.1) is 0 Å². The van der Waals surface area contributed by atoms with Crippen molar-refractivity contribution in [3.8, 4) is 0 Å². The summed E-state index contributed by atoms with van der Waals surface area (Å²) in [5.74, 6) is 0. The van der Waals surface area contributed by atoms with E-state index in [4.69, 9.17) is 0 Å². The van der Waals surface area contributed by atoms with Gasteiger partial charge in [-0.05, 0) is 43.0 Å². The van der Waals surface area contributed by atoms with Gasteiger partial charge < -0.3 is 10.2 Å². The van der Waals surface area contributed by atoms with Crippen LogP contribution in [0.2, 0.25) is 0 Å². The molecule has 0 aromatic heterocycles. The lowest BCUT2D eigenvalue weighted by Crippen LogP contribution is -2.38. The zero-order valence-corrected chi connectivity index (χ0v) is 13.8. The maximum atomic E-state index is 12.4. The van der Waals surface area contributed by atoms with E-state index < -0.39 is 0 Å². The fourth-order valence-corrected chi connectivity index (χ4v) is 2.56. The largest absolute Gasteiger partial charge is 0.331 e. The number of urea groups is 1. The summed E-state index contributed by atoms with van der Waals surface area (Å²) in [6.07, 6.45) is 0. The predicted octanol–water partition coefficient (Wildman–Crippen LogP) is 4.21. The second kappa shape index (κ2) is 7.12. The van der Waals surface area contributed by atoms with Crippen LogP contribution < -0.4 is 5.32 Å². The molecular weight excluding hydrogens is 272 g/mol. The molecule has 0 fully saturated rings. The summed E-state index contributed by atoms with van der Waals surface area (Å²) < 4.78 is 0. The van der Waals surface area contributed by atoms with Crippen LogP contribution in [-0.2, 0) is 6.54 Å². The Morgan fingerprint density at radius 1 is 1.05 bits per heavy atom. The Labute approximate surface area is 133 Å². The normalized spacial score (nSPS) is 11.8. The summed E-state index contributed by atoms with van der Waals surface area (Å²) in [4.78, 5) is 14.1. The van der Waals surface area contributed by atoms with Gasteiger partial charge in [0.05, 0.1) is 6.04 Å². The van der Waals surface area contributed by atoms with Gasteiger partial charge in [-0.2, -0.15) is 0 Å². The molecule has 116 valence electrons. The third kappa shape index (κ3) is 3.88. The first-order chi connectivity index (χ1) is 10.5. The minimum Gasteiger partial charge on any atom is -0.331 e. The van der Waals surface area contributed by atoms with Crippen molar-refractivity contribution in [2.45, 2.75) is 33.4 Å². The lowest BCUT2D eigenvalue weighted by atomic mass is 10.0. The summed E-state index contributed by atoms with van der Waals surface area (Å²) in [6.45, 7) is 6.76. The molecule has 1 atom stereocenters. The third-order valence-electron chi connectivity index (χ3n) is 4.01. The zero-order chi connectivity index (χ0) is 16.1. The molecule has 0 heterocycles. The molecule has 0 spiro atoms. The fraction of sp³-hybridized carbons (Fsp3) is 0.316. The summed E-state index contributed by atoms with van der Waals surface area (Å²) in [6, 6.07) is 16.2. The number of benzene rings is 2. The number of hydrogen-bond acceptors (Lipinski definition) is 1. The number of aryl methyl sites for hydroxylation is 2. The summed E-state index contributed by atoms with van der Waals surface area (Å²) in [5.41, 5.74) is 4.72. The molecule has 2 amide bonds. The number of carbonyl (C=O) groups is 1. The van der Waals surface area contributed by atoms with Crippen LogP contribution in [0.4, 0.5) is 4.79 Å². The molecule has 22 heavy (non-hydrogen) atoms. The van der Waals surface area contributed by atoms with Gasteiger partial charge in [0.25, 0.3) is 0 Å². The standard InChI is InChI=1S/C19H24N2O/c1-14-9-5-7-11-17(14)13-21(4)19(22)20-16(3)18-12-8-6-10-15(18)2/h5-12,16H,13H2,1-4H3,(H,20,22). The highest BCUT2D eigenvalue weighted by molar-refractivity contribution is 5.74. The van der Waals surface area contributed by atoms with E-state index >= 15 is 0 Å². The highest BCUT2D eigenvalue weighted by Gasteiger charge is 2.15.